The molecule has 0 aliphatic carbocycles. The summed E-state index contributed by atoms with van der Waals surface area (Å²) in [5.74, 6) is 0. The number of hydrogen-bond donors (Lipinski definition) is 3. The van der Waals surface area contributed by atoms with Gasteiger partial charge in [-0.2, -0.15) is 0 Å². The molecule has 2 aromatic rings. The second-order valence-corrected chi connectivity index (χ2v) is 7.81. The normalized spacial score (nSPS) is 23.2. The van der Waals surface area contributed by atoms with E-state index in [9.17, 15) is 19.0 Å². The number of pyridine rings is 1. The van der Waals surface area contributed by atoms with Crippen LogP contribution in [0.1, 0.15) is 18.2 Å². The Labute approximate surface area is 163 Å². The second-order valence-electron chi connectivity index (χ2n) is 6.29. The molecule has 13 nitrogen and oxygen atoms in total. The maximum Gasteiger partial charge on any atom is 0.430 e. The molecule has 1 aliphatic rings. The molecule has 4 atom stereocenters. The predicted octanol–water partition coefficient (Wildman–Crippen LogP) is 1.44. The first-order valence-electron chi connectivity index (χ1n) is 8.46. The highest BCUT2D eigenvalue weighted by molar-refractivity contribution is 7.54. The topological polar surface area (TPSA) is 184 Å². The van der Waals surface area contributed by atoms with Crippen molar-refractivity contribution in [1.82, 2.24) is 14.5 Å². The molecule has 29 heavy (non-hydrogen) atoms. The van der Waals surface area contributed by atoms with Crippen molar-refractivity contribution in [2.75, 3.05) is 11.7 Å². The van der Waals surface area contributed by atoms with Gasteiger partial charge in [-0.15, -0.1) is 0 Å². The smallest absolute Gasteiger partial charge is 0.352 e. The number of anilines is 1. The van der Waals surface area contributed by atoms with E-state index in [4.69, 9.17) is 14.8 Å². The fourth-order valence-electron chi connectivity index (χ4n) is 2.82. The van der Waals surface area contributed by atoms with Gasteiger partial charge in [0, 0.05) is 29.3 Å². The Balaban J connectivity index is 1.72. The van der Waals surface area contributed by atoms with Crippen LogP contribution in [0.25, 0.3) is 10.4 Å². The van der Waals surface area contributed by atoms with Gasteiger partial charge in [0.15, 0.2) is 0 Å². The van der Waals surface area contributed by atoms with Crippen molar-refractivity contribution in [1.29, 1.82) is 0 Å². The Morgan fingerprint density at radius 2 is 2.38 bits per heavy atom. The molecule has 0 aromatic carbocycles. The highest BCUT2D eigenvalue weighted by atomic mass is 31.2. The maximum absolute atomic E-state index is 12.2. The Morgan fingerprint density at radius 3 is 3.07 bits per heavy atom. The van der Waals surface area contributed by atoms with E-state index in [1.807, 2.05) is 0 Å². The van der Waals surface area contributed by atoms with E-state index in [1.165, 1.54) is 36.1 Å². The number of ether oxygens (including phenoxy) is 1. The van der Waals surface area contributed by atoms with Crippen molar-refractivity contribution in [3.05, 3.63) is 67.6 Å². The first-order valence-corrected chi connectivity index (χ1v) is 10.0. The Kier molecular flexibility index (Phi) is 6.16. The van der Waals surface area contributed by atoms with Crippen LogP contribution in [0.15, 0.2) is 45.4 Å². The van der Waals surface area contributed by atoms with Crippen molar-refractivity contribution in [3.8, 4) is 0 Å². The third-order valence-corrected chi connectivity index (χ3v) is 5.25. The van der Waals surface area contributed by atoms with E-state index < -0.39 is 37.4 Å². The number of aromatic nitrogens is 3. The molecule has 0 saturated carbocycles. The molecule has 0 amide bonds. The highest BCUT2D eigenvalue weighted by Gasteiger charge is 2.38. The lowest BCUT2D eigenvalue weighted by Gasteiger charge is -2.19. The van der Waals surface area contributed by atoms with Crippen molar-refractivity contribution in [2.24, 2.45) is 5.11 Å². The maximum atomic E-state index is 12.2. The second kappa shape index (κ2) is 8.60. The molecule has 0 radical (unpaired) electrons. The van der Waals surface area contributed by atoms with Crippen LogP contribution in [-0.4, -0.2) is 38.2 Å². The fourth-order valence-corrected chi connectivity index (χ4v) is 3.69. The van der Waals surface area contributed by atoms with E-state index in [1.54, 1.807) is 6.07 Å². The van der Waals surface area contributed by atoms with Gasteiger partial charge in [-0.1, -0.05) is 5.11 Å². The van der Waals surface area contributed by atoms with Crippen LogP contribution in [0, 0.1) is 6.92 Å². The fraction of sp³-hybridized carbons (Fsp3) is 0.400. The SMILES string of the molecule is Cc1cn([C@H]2C[C@H](N=[N+]=[N-])[C@@H](COP(=O)(O)Nc3cccnc3)O2)c(=O)[nH]c1=O. The summed E-state index contributed by atoms with van der Waals surface area (Å²) in [6, 6.07) is 2.37. The minimum atomic E-state index is -4.25. The summed E-state index contributed by atoms with van der Waals surface area (Å²) in [5, 5.41) is 5.95. The van der Waals surface area contributed by atoms with Crippen LogP contribution in [0.3, 0.4) is 0 Å². The van der Waals surface area contributed by atoms with E-state index >= 15 is 0 Å². The van der Waals surface area contributed by atoms with Crippen LogP contribution in [0.2, 0.25) is 0 Å². The first-order chi connectivity index (χ1) is 13.8. The van der Waals surface area contributed by atoms with Gasteiger partial charge in [0.05, 0.1) is 30.6 Å². The highest BCUT2D eigenvalue weighted by Crippen LogP contribution is 2.43. The van der Waals surface area contributed by atoms with Gasteiger partial charge < -0.3 is 9.63 Å². The van der Waals surface area contributed by atoms with Gasteiger partial charge in [0.25, 0.3) is 5.56 Å². The minimum Gasteiger partial charge on any atom is -0.352 e. The molecule has 154 valence electrons. The molecule has 1 aliphatic heterocycles. The molecule has 3 rings (SSSR count). The lowest BCUT2D eigenvalue weighted by molar-refractivity contribution is -0.0237. The van der Waals surface area contributed by atoms with Gasteiger partial charge in [-0.25, -0.2) is 9.36 Å². The first kappa shape index (κ1) is 20.8. The van der Waals surface area contributed by atoms with Crippen LogP contribution in [0.5, 0.6) is 0 Å². The predicted molar refractivity (Wildman–Crippen MR) is 101 cm³/mol. The summed E-state index contributed by atoms with van der Waals surface area (Å²) in [6.45, 7) is 1.15. The number of hydrogen-bond acceptors (Lipinski definition) is 7. The number of nitrogens with one attached hydrogen (secondary N) is 2. The quantitative estimate of drug-likeness (QED) is 0.258. The Hall–Kier alpha value is -2.95. The molecule has 14 heteroatoms. The zero-order chi connectivity index (χ0) is 21.0. The molecular formula is C15H18N7O6P. The van der Waals surface area contributed by atoms with Crippen LogP contribution in [-0.2, 0) is 13.8 Å². The molecular weight excluding hydrogens is 405 g/mol. The summed E-state index contributed by atoms with van der Waals surface area (Å²) in [7, 11) is -4.25. The third-order valence-electron chi connectivity index (χ3n) is 4.21. The number of H-pyrrole nitrogens is 1. The number of nitrogens with zero attached hydrogens (tertiary/aromatic N) is 5. The molecule has 3 N–H and O–H groups in total. The van der Waals surface area contributed by atoms with Gasteiger partial charge in [-0.05, 0) is 24.6 Å². The van der Waals surface area contributed by atoms with Crippen molar-refractivity contribution in [3.63, 3.8) is 0 Å². The molecule has 1 saturated heterocycles. The molecule has 0 spiro atoms. The number of rotatable bonds is 7. The standard InChI is InChI=1S/C15H18N7O6P/c1-9-7-22(15(24)18-14(9)23)13-5-11(19-21-16)12(28-13)8-27-29(25,26)20-10-3-2-4-17-6-10/h2-4,6-7,11-13H,5,8H2,1H3,(H,18,23,24)(H2,20,25,26)/t11-,12+,13+/m0/s1. The lowest BCUT2D eigenvalue weighted by atomic mass is 10.1. The summed E-state index contributed by atoms with van der Waals surface area (Å²) < 4.78 is 24.2. The van der Waals surface area contributed by atoms with Gasteiger partial charge in [0.1, 0.15) is 6.23 Å². The van der Waals surface area contributed by atoms with E-state index in [0.717, 1.165) is 0 Å². The van der Waals surface area contributed by atoms with E-state index in [0.29, 0.717) is 5.56 Å². The molecule has 2 aromatic heterocycles. The van der Waals surface area contributed by atoms with Crippen LogP contribution in [0.4, 0.5) is 5.69 Å². The number of aryl methyl sites for hydroxylation is 1. The van der Waals surface area contributed by atoms with Gasteiger partial charge in [0.2, 0.25) is 0 Å². The Morgan fingerprint density at radius 1 is 1.59 bits per heavy atom. The summed E-state index contributed by atoms with van der Waals surface area (Å²) in [4.78, 5) is 42.3. The zero-order valence-corrected chi connectivity index (χ0v) is 16.1. The summed E-state index contributed by atoms with van der Waals surface area (Å²) >= 11 is 0. The molecule has 3 heterocycles. The number of azide groups is 1. The van der Waals surface area contributed by atoms with Crippen molar-refractivity contribution in [2.45, 2.75) is 31.7 Å². The summed E-state index contributed by atoms with van der Waals surface area (Å²) in [5.41, 5.74) is 8.17. The van der Waals surface area contributed by atoms with Crippen LogP contribution < -0.4 is 16.3 Å². The number of aromatic amines is 1. The monoisotopic (exact) mass is 423 g/mol. The average molecular weight is 423 g/mol. The van der Waals surface area contributed by atoms with Crippen molar-refractivity contribution >= 4 is 13.4 Å². The molecule has 1 fully saturated rings. The van der Waals surface area contributed by atoms with Crippen LogP contribution >= 0.6 is 7.75 Å². The Bertz CT molecular complexity index is 1080. The zero-order valence-electron chi connectivity index (χ0n) is 15.2. The van der Waals surface area contributed by atoms with Gasteiger partial charge >= 0.3 is 13.4 Å². The molecule has 1 unspecified atom stereocenters. The lowest BCUT2D eigenvalue weighted by Crippen LogP contribution is -2.33. The van der Waals surface area contributed by atoms with E-state index in [-0.39, 0.29) is 18.7 Å². The molecule has 0 bridgehead atoms. The minimum absolute atomic E-state index is 0.120. The largest absolute Gasteiger partial charge is 0.430 e. The third kappa shape index (κ3) is 5.11. The van der Waals surface area contributed by atoms with E-state index in [2.05, 4.69) is 25.1 Å². The summed E-state index contributed by atoms with van der Waals surface area (Å²) in [6.07, 6.45) is 2.59. The average Bonchev–Trinajstić information content (AvgIpc) is 3.06. The van der Waals surface area contributed by atoms with Crippen molar-refractivity contribution < 1.29 is 18.7 Å². The van der Waals surface area contributed by atoms with Gasteiger partial charge in [-0.3, -0.25) is 28.9 Å².